The number of anilines is 4. The second kappa shape index (κ2) is 8.20. The molecule has 4 N–H and O–H groups in total. The summed E-state index contributed by atoms with van der Waals surface area (Å²) in [6.07, 6.45) is 0.623. The summed E-state index contributed by atoms with van der Waals surface area (Å²) in [5.41, 5.74) is 2.06. The quantitative estimate of drug-likeness (QED) is 0.522. The average Bonchev–Trinajstić information content (AvgIpc) is 2.74. The van der Waals surface area contributed by atoms with Crippen LogP contribution in [0.3, 0.4) is 0 Å². The zero-order valence-corrected chi connectivity index (χ0v) is 16.4. The van der Waals surface area contributed by atoms with Crippen LogP contribution in [0.25, 0.3) is 0 Å². The molecule has 152 valence electrons. The Hall–Kier alpha value is -3.94. The first-order chi connectivity index (χ1) is 14.5. The van der Waals surface area contributed by atoms with Crippen molar-refractivity contribution in [2.75, 3.05) is 16.0 Å². The van der Waals surface area contributed by atoms with Crippen molar-refractivity contribution in [1.82, 2.24) is 9.97 Å². The number of rotatable bonds is 5. The van der Waals surface area contributed by atoms with E-state index in [9.17, 15) is 14.4 Å². The predicted molar refractivity (Wildman–Crippen MR) is 115 cm³/mol. The van der Waals surface area contributed by atoms with E-state index in [4.69, 9.17) is 0 Å². The Kier molecular flexibility index (Phi) is 5.30. The van der Waals surface area contributed by atoms with Crippen molar-refractivity contribution < 1.29 is 9.59 Å². The first-order valence-corrected chi connectivity index (χ1v) is 9.70. The Morgan fingerprint density at radius 2 is 1.83 bits per heavy atom. The highest BCUT2D eigenvalue weighted by molar-refractivity contribution is 6.04. The van der Waals surface area contributed by atoms with Crippen LogP contribution in [-0.2, 0) is 16.0 Å². The van der Waals surface area contributed by atoms with E-state index in [1.807, 2.05) is 55.5 Å². The van der Waals surface area contributed by atoms with Crippen LogP contribution in [0.2, 0.25) is 0 Å². The standard InChI is InChI=1S/C22H21N5O3/c1-2-13-8-6-7-11-16(13)24-20(29)15-12-17(28)25-19-18(15)21(30)27-22(26-19)23-14-9-4-3-5-10-14/h3-11,15H,2,12H2,1H3,(H,24,29)(H3,23,25,26,27,28,30). The Bertz CT molecular complexity index is 1160. The number of H-pyrrole nitrogens is 1. The number of carbonyl (C=O) groups is 2. The van der Waals surface area contributed by atoms with Crippen LogP contribution in [0.5, 0.6) is 0 Å². The molecule has 1 aliphatic heterocycles. The number of fused-ring (bicyclic) bond motifs is 1. The van der Waals surface area contributed by atoms with Gasteiger partial charge in [-0.15, -0.1) is 0 Å². The molecule has 1 atom stereocenters. The summed E-state index contributed by atoms with van der Waals surface area (Å²) < 4.78 is 0. The summed E-state index contributed by atoms with van der Waals surface area (Å²) in [5, 5.41) is 8.46. The highest BCUT2D eigenvalue weighted by Crippen LogP contribution is 2.30. The van der Waals surface area contributed by atoms with Crippen LogP contribution in [-0.4, -0.2) is 21.8 Å². The molecular weight excluding hydrogens is 382 g/mol. The van der Waals surface area contributed by atoms with Crippen LogP contribution in [0.4, 0.5) is 23.1 Å². The lowest BCUT2D eigenvalue weighted by molar-refractivity contribution is -0.123. The zero-order valence-electron chi connectivity index (χ0n) is 16.4. The van der Waals surface area contributed by atoms with E-state index in [1.165, 1.54) is 0 Å². The van der Waals surface area contributed by atoms with Gasteiger partial charge >= 0.3 is 0 Å². The largest absolute Gasteiger partial charge is 0.326 e. The molecule has 2 heterocycles. The summed E-state index contributed by atoms with van der Waals surface area (Å²) in [5.74, 6) is -1.43. The maximum atomic E-state index is 13.0. The SMILES string of the molecule is CCc1ccccc1NC(=O)C1CC(=O)Nc2nc(Nc3ccccc3)[nH]c(=O)c21. The van der Waals surface area contributed by atoms with Crippen LogP contribution in [0.15, 0.2) is 59.4 Å². The van der Waals surface area contributed by atoms with Gasteiger partial charge in [0.25, 0.3) is 5.56 Å². The molecule has 0 aliphatic carbocycles. The summed E-state index contributed by atoms with van der Waals surface area (Å²) >= 11 is 0. The molecule has 4 rings (SSSR count). The number of benzene rings is 2. The van der Waals surface area contributed by atoms with Crippen LogP contribution in [0.1, 0.15) is 30.4 Å². The number of carbonyl (C=O) groups excluding carboxylic acids is 2. The fourth-order valence-corrected chi connectivity index (χ4v) is 3.48. The van der Waals surface area contributed by atoms with Crippen molar-refractivity contribution >= 4 is 35.0 Å². The zero-order chi connectivity index (χ0) is 21.1. The summed E-state index contributed by atoms with van der Waals surface area (Å²) in [4.78, 5) is 45.0. The molecule has 0 bridgehead atoms. The third kappa shape index (κ3) is 3.93. The summed E-state index contributed by atoms with van der Waals surface area (Å²) in [7, 11) is 0. The third-order valence-corrected chi connectivity index (χ3v) is 4.96. The third-order valence-electron chi connectivity index (χ3n) is 4.96. The number of nitrogens with zero attached hydrogens (tertiary/aromatic N) is 1. The molecule has 0 saturated heterocycles. The van der Waals surface area contributed by atoms with Crippen molar-refractivity contribution in [1.29, 1.82) is 0 Å². The van der Waals surface area contributed by atoms with E-state index in [2.05, 4.69) is 25.9 Å². The predicted octanol–water partition coefficient (Wildman–Crippen LogP) is 3.14. The second-order valence-corrected chi connectivity index (χ2v) is 6.97. The highest BCUT2D eigenvalue weighted by atomic mass is 16.2. The van der Waals surface area contributed by atoms with Gasteiger partial charge in [-0.2, -0.15) is 4.98 Å². The fraction of sp³-hybridized carbons (Fsp3) is 0.182. The average molecular weight is 403 g/mol. The van der Waals surface area contributed by atoms with E-state index < -0.39 is 17.4 Å². The first-order valence-electron chi connectivity index (χ1n) is 9.70. The molecule has 2 amide bonds. The van der Waals surface area contributed by atoms with E-state index in [1.54, 1.807) is 6.07 Å². The van der Waals surface area contributed by atoms with Gasteiger partial charge < -0.3 is 16.0 Å². The van der Waals surface area contributed by atoms with Gasteiger partial charge in [-0.3, -0.25) is 19.4 Å². The fourth-order valence-electron chi connectivity index (χ4n) is 3.48. The van der Waals surface area contributed by atoms with Crippen molar-refractivity contribution in [3.05, 3.63) is 76.1 Å². The minimum absolute atomic E-state index is 0.0948. The summed E-state index contributed by atoms with van der Waals surface area (Å²) in [6.45, 7) is 1.99. The molecular formula is C22H21N5O3. The maximum absolute atomic E-state index is 13.0. The van der Waals surface area contributed by atoms with Crippen LogP contribution >= 0.6 is 0 Å². The lowest BCUT2D eigenvalue weighted by atomic mass is 9.92. The smallest absolute Gasteiger partial charge is 0.258 e. The maximum Gasteiger partial charge on any atom is 0.258 e. The van der Waals surface area contributed by atoms with Gasteiger partial charge in [-0.1, -0.05) is 43.3 Å². The number of para-hydroxylation sites is 2. The number of nitrogens with one attached hydrogen (secondary N) is 4. The Morgan fingerprint density at radius 3 is 2.60 bits per heavy atom. The molecule has 8 heteroatoms. The topological polar surface area (TPSA) is 116 Å². The molecule has 8 nitrogen and oxygen atoms in total. The molecule has 30 heavy (non-hydrogen) atoms. The first kappa shape index (κ1) is 19.4. The molecule has 0 saturated carbocycles. The van der Waals surface area contributed by atoms with Gasteiger partial charge in [0.15, 0.2) is 0 Å². The van der Waals surface area contributed by atoms with Crippen LogP contribution in [0, 0.1) is 0 Å². The van der Waals surface area contributed by atoms with Crippen molar-refractivity contribution in [3.8, 4) is 0 Å². The Morgan fingerprint density at radius 1 is 1.10 bits per heavy atom. The number of amides is 2. The number of hydrogen-bond acceptors (Lipinski definition) is 5. The van der Waals surface area contributed by atoms with Gasteiger partial charge in [0.1, 0.15) is 5.82 Å². The van der Waals surface area contributed by atoms with E-state index >= 15 is 0 Å². The number of aryl methyl sites for hydroxylation is 1. The molecule has 0 spiro atoms. The van der Waals surface area contributed by atoms with Crippen molar-refractivity contribution in [3.63, 3.8) is 0 Å². The lowest BCUT2D eigenvalue weighted by Gasteiger charge is -2.24. The van der Waals surface area contributed by atoms with Crippen LogP contribution < -0.4 is 21.5 Å². The molecule has 1 aromatic heterocycles. The molecule has 1 aliphatic rings. The van der Waals surface area contributed by atoms with E-state index in [0.29, 0.717) is 5.69 Å². The second-order valence-electron chi connectivity index (χ2n) is 6.97. The molecule has 2 aromatic carbocycles. The van der Waals surface area contributed by atoms with E-state index in [0.717, 1.165) is 17.7 Å². The molecule has 1 unspecified atom stereocenters. The van der Waals surface area contributed by atoms with Gasteiger partial charge in [0, 0.05) is 17.8 Å². The van der Waals surface area contributed by atoms with Gasteiger partial charge in [0.2, 0.25) is 17.8 Å². The van der Waals surface area contributed by atoms with Crippen molar-refractivity contribution in [2.24, 2.45) is 0 Å². The van der Waals surface area contributed by atoms with Gasteiger partial charge in [-0.05, 0) is 30.2 Å². The minimum atomic E-state index is -0.930. The van der Waals surface area contributed by atoms with Crippen molar-refractivity contribution in [2.45, 2.75) is 25.7 Å². The van der Waals surface area contributed by atoms with Gasteiger partial charge in [0.05, 0.1) is 11.5 Å². The Labute approximate surface area is 172 Å². The normalized spacial score (nSPS) is 15.1. The molecule has 0 radical (unpaired) electrons. The molecule has 3 aromatic rings. The number of hydrogen-bond donors (Lipinski definition) is 4. The number of aromatic amines is 1. The minimum Gasteiger partial charge on any atom is -0.326 e. The molecule has 0 fully saturated rings. The monoisotopic (exact) mass is 403 g/mol. The van der Waals surface area contributed by atoms with E-state index in [-0.39, 0.29) is 29.7 Å². The summed E-state index contributed by atoms with van der Waals surface area (Å²) in [6, 6.07) is 16.6. The Balaban J connectivity index is 1.65. The lowest BCUT2D eigenvalue weighted by Crippen LogP contribution is -2.36. The number of aromatic nitrogens is 2. The highest BCUT2D eigenvalue weighted by Gasteiger charge is 2.35. The van der Waals surface area contributed by atoms with Gasteiger partial charge in [-0.25, -0.2) is 0 Å².